The lowest BCUT2D eigenvalue weighted by molar-refractivity contribution is -0.135. The van der Waals surface area contributed by atoms with Crippen LogP contribution in [0.2, 0.25) is 0 Å². The average molecular weight is 368 g/mol. The van der Waals surface area contributed by atoms with E-state index in [4.69, 9.17) is 4.74 Å². The van der Waals surface area contributed by atoms with Crippen LogP contribution in [0.5, 0.6) is 5.75 Å². The number of rotatable bonds is 8. The number of nitrogens with zero attached hydrogens (tertiary/aromatic N) is 2. The van der Waals surface area contributed by atoms with E-state index in [0.717, 1.165) is 37.3 Å². The molecule has 1 unspecified atom stereocenters. The Labute approximate surface area is 161 Å². The van der Waals surface area contributed by atoms with E-state index < -0.39 is 0 Å². The number of aliphatic hydroxyl groups excluding tert-OH is 1. The molecule has 1 amide bonds. The Morgan fingerprint density at radius 2 is 2.00 bits per heavy atom. The van der Waals surface area contributed by atoms with Crippen molar-refractivity contribution in [2.45, 2.75) is 32.1 Å². The molecule has 1 aromatic heterocycles. The first-order chi connectivity index (χ1) is 13.2. The average Bonchev–Trinajstić information content (AvgIpc) is 2.74. The van der Waals surface area contributed by atoms with Gasteiger partial charge in [-0.15, -0.1) is 0 Å². The Kier molecular flexibility index (Phi) is 6.82. The van der Waals surface area contributed by atoms with Gasteiger partial charge in [0.1, 0.15) is 5.75 Å². The summed E-state index contributed by atoms with van der Waals surface area (Å²) in [5.41, 5.74) is 0.667. The molecule has 5 nitrogen and oxygen atoms in total. The minimum absolute atomic E-state index is 0.0785. The van der Waals surface area contributed by atoms with Gasteiger partial charge in [-0.1, -0.05) is 24.3 Å². The van der Waals surface area contributed by atoms with Gasteiger partial charge in [0.05, 0.1) is 13.2 Å². The highest BCUT2D eigenvalue weighted by Crippen LogP contribution is 2.33. The van der Waals surface area contributed by atoms with Crippen LogP contribution in [0.15, 0.2) is 54.7 Å². The second kappa shape index (κ2) is 9.51. The third kappa shape index (κ3) is 5.54. The van der Waals surface area contributed by atoms with Crippen molar-refractivity contribution in [3.8, 4) is 5.75 Å². The second-order valence-corrected chi connectivity index (χ2v) is 7.31. The number of pyridine rings is 1. The molecule has 1 aliphatic heterocycles. The lowest BCUT2D eigenvalue weighted by atomic mass is 9.78. The summed E-state index contributed by atoms with van der Waals surface area (Å²) in [7, 11) is 0. The maximum atomic E-state index is 12.7. The van der Waals surface area contributed by atoms with Gasteiger partial charge >= 0.3 is 0 Å². The van der Waals surface area contributed by atoms with Gasteiger partial charge in [0.2, 0.25) is 5.91 Å². The molecule has 0 spiro atoms. The van der Waals surface area contributed by atoms with Gasteiger partial charge in [0, 0.05) is 36.8 Å². The lowest BCUT2D eigenvalue weighted by Crippen LogP contribution is -2.48. The minimum atomic E-state index is -0.270. The highest BCUT2D eigenvalue weighted by atomic mass is 16.5. The number of hydrogen-bond donors (Lipinski definition) is 1. The Morgan fingerprint density at radius 3 is 2.74 bits per heavy atom. The Hall–Kier alpha value is -2.40. The Bertz CT molecular complexity index is 708. The number of para-hydroxylation sites is 1. The topological polar surface area (TPSA) is 62.7 Å². The maximum Gasteiger partial charge on any atom is 0.222 e. The standard InChI is InChI=1S/C22H28N2O3/c25-18-22(13-16-27-20-8-2-1-3-9-20)12-6-15-24(17-22)21(26)11-10-19-7-4-5-14-23-19/h1-5,7-9,14,25H,6,10-13,15-18H2. The summed E-state index contributed by atoms with van der Waals surface area (Å²) in [6.07, 6.45) is 5.44. The minimum Gasteiger partial charge on any atom is -0.494 e. The van der Waals surface area contributed by atoms with E-state index in [1.807, 2.05) is 53.4 Å². The molecule has 1 fully saturated rings. The van der Waals surface area contributed by atoms with Gasteiger partial charge in [-0.25, -0.2) is 0 Å². The first-order valence-electron chi connectivity index (χ1n) is 9.67. The van der Waals surface area contributed by atoms with E-state index in [0.29, 0.717) is 26.0 Å². The Balaban J connectivity index is 1.51. The fourth-order valence-corrected chi connectivity index (χ4v) is 3.67. The van der Waals surface area contributed by atoms with E-state index in [9.17, 15) is 9.90 Å². The highest BCUT2D eigenvalue weighted by molar-refractivity contribution is 5.76. The predicted molar refractivity (Wildman–Crippen MR) is 104 cm³/mol. The summed E-state index contributed by atoms with van der Waals surface area (Å²) in [5.74, 6) is 0.979. The number of carbonyl (C=O) groups excluding carboxylic acids is 1. The normalized spacial score (nSPS) is 19.7. The van der Waals surface area contributed by atoms with Crippen LogP contribution < -0.4 is 4.74 Å². The maximum absolute atomic E-state index is 12.7. The fraction of sp³-hybridized carbons (Fsp3) is 0.455. The van der Waals surface area contributed by atoms with Crippen LogP contribution in [0.3, 0.4) is 0 Å². The molecule has 1 N–H and O–H groups in total. The third-order valence-electron chi connectivity index (χ3n) is 5.32. The van der Waals surface area contributed by atoms with Gasteiger partial charge in [0.15, 0.2) is 0 Å². The van der Waals surface area contributed by atoms with Crippen molar-refractivity contribution in [2.75, 3.05) is 26.3 Å². The number of aryl methyl sites for hydroxylation is 1. The molecule has 0 radical (unpaired) electrons. The van der Waals surface area contributed by atoms with Crippen LogP contribution in [0.1, 0.15) is 31.4 Å². The van der Waals surface area contributed by atoms with Gasteiger partial charge in [-0.2, -0.15) is 0 Å². The molecule has 1 aromatic carbocycles. The summed E-state index contributed by atoms with van der Waals surface area (Å²) in [6, 6.07) is 15.5. The largest absolute Gasteiger partial charge is 0.494 e. The van der Waals surface area contributed by atoms with Crippen molar-refractivity contribution in [1.29, 1.82) is 0 Å². The smallest absolute Gasteiger partial charge is 0.222 e. The molecule has 144 valence electrons. The molecular weight excluding hydrogens is 340 g/mol. The first kappa shape index (κ1) is 19.4. The SMILES string of the molecule is O=C(CCc1ccccn1)N1CCCC(CO)(CCOc2ccccc2)C1. The molecule has 3 rings (SSSR count). The molecule has 0 bridgehead atoms. The summed E-state index contributed by atoms with van der Waals surface area (Å²) >= 11 is 0. The number of amides is 1. The number of carbonyl (C=O) groups is 1. The molecule has 0 aliphatic carbocycles. The van der Waals surface area contributed by atoms with Crippen LogP contribution in [-0.2, 0) is 11.2 Å². The quantitative estimate of drug-likeness (QED) is 0.778. The molecule has 1 saturated heterocycles. The zero-order valence-corrected chi connectivity index (χ0v) is 15.7. The summed E-state index contributed by atoms with van der Waals surface area (Å²) in [4.78, 5) is 18.8. The molecular formula is C22H28N2O3. The summed E-state index contributed by atoms with van der Waals surface area (Å²) in [6.45, 7) is 1.99. The van der Waals surface area contributed by atoms with Gasteiger partial charge in [-0.05, 0) is 49.9 Å². The van der Waals surface area contributed by atoms with Crippen LogP contribution >= 0.6 is 0 Å². The van der Waals surface area contributed by atoms with Crippen LogP contribution in [0.25, 0.3) is 0 Å². The molecule has 2 heterocycles. The molecule has 1 aliphatic rings. The van der Waals surface area contributed by atoms with E-state index in [2.05, 4.69) is 4.98 Å². The van der Waals surface area contributed by atoms with E-state index in [1.54, 1.807) is 6.20 Å². The third-order valence-corrected chi connectivity index (χ3v) is 5.32. The van der Waals surface area contributed by atoms with Crippen molar-refractivity contribution >= 4 is 5.91 Å². The van der Waals surface area contributed by atoms with Crippen molar-refractivity contribution in [2.24, 2.45) is 5.41 Å². The molecule has 27 heavy (non-hydrogen) atoms. The lowest BCUT2D eigenvalue weighted by Gasteiger charge is -2.42. The number of hydrogen-bond acceptors (Lipinski definition) is 4. The summed E-state index contributed by atoms with van der Waals surface area (Å²) in [5, 5.41) is 10.0. The fourth-order valence-electron chi connectivity index (χ4n) is 3.67. The number of aliphatic hydroxyl groups is 1. The first-order valence-corrected chi connectivity index (χ1v) is 9.67. The van der Waals surface area contributed by atoms with Crippen molar-refractivity contribution in [1.82, 2.24) is 9.88 Å². The molecule has 5 heteroatoms. The molecule has 0 saturated carbocycles. The van der Waals surface area contributed by atoms with Crippen molar-refractivity contribution in [3.05, 3.63) is 60.4 Å². The zero-order chi connectivity index (χ0) is 19.0. The number of ether oxygens (including phenoxy) is 1. The predicted octanol–water partition coefficient (Wildman–Crippen LogP) is 3.08. The van der Waals surface area contributed by atoms with E-state index >= 15 is 0 Å². The second-order valence-electron chi connectivity index (χ2n) is 7.31. The summed E-state index contributed by atoms with van der Waals surface area (Å²) < 4.78 is 5.81. The van der Waals surface area contributed by atoms with Gasteiger partial charge in [-0.3, -0.25) is 9.78 Å². The van der Waals surface area contributed by atoms with Crippen LogP contribution in [0, 0.1) is 5.41 Å². The van der Waals surface area contributed by atoms with Crippen molar-refractivity contribution < 1.29 is 14.6 Å². The number of piperidine rings is 1. The number of aromatic nitrogens is 1. The number of likely N-dealkylation sites (tertiary alicyclic amines) is 1. The zero-order valence-electron chi connectivity index (χ0n) is 15.7. The van der Waals surface area contributed by atoms with Gasteiger partial charge < -0.3 is 14.7 Å². The Morgan fingerprint density at radius 1 is 1.19 bits per heavy atom. The highest BCUT2D eigenvalue weighted by Gasteiger charge is 2.36. The van der Waals surface area contributed by atoms with E-state index in [-0.39, 0.29) is 17.9 Å². The monoisotopic (exact) mass is 368 g/mol. The van der Waals surface area contributed by atoms with Gasteiger partial charge in [0.25, 0.3) is 0 Å². The van der Waals surface area contributed by atoms with Crippen molar-refractivity contribution in [3.63, 3.8) is 0 Å². The molecule has 2 aromatic rings. The van der Waals surface area contributed by atoms with E-state index in [1.165, 1.54) is 0 Å². The van der Waals surface area contributed by atoms with Crippen LogP contribution in [0.4, 0.5) is 0 Å². The molecule has 1 atom stereocenters. The number of benzene rings is 1. The van der Waals surface area contributed by atoms with Crippen LogP contribution in [-0.4, -0.2) is 47.2 Å².